The van der Waals surface area contributed by atoms with Crippen molar-refractivity contribution in [2.24, 2.45) is 0 Å². The molecule has 0 spiro atoms. The van der Waals surface area contributed by atoms with E-state index in [4.69, 9.17) is 16.3 Å². The van der Waals surface area contributed by atoms with Crippen LogP contribution in [0.15, 0.2) is 36.4 Å². The zero-order chi connectivity index (χ0) is 19.1. The summed E-state index contributed by atoms with van der Waals surface area (Å²) in [5, 5.41) is 13.4. The number of nitro groups is 1. The lowest BCUT2D eigenvalue weighted by molar-refractivity contribution is -0.383. The minimum Gasteiger partial charge on any atom is -0.452 e. The number of esters is 1. The normalized spacial score (nSPS) is 11.6. The summed E-state index contributed by atoms with van der Waals surface area (Å²) in [6.45, 7) is 1.41. The number of anilines is 1. The van der Waals surface area contributed by atoms with Gasteiger partial charge in [-0.1, -0.05) is 23.7 Å². The van der Waals surface area contributed by atoms with E-state index in [1.54, 1.807) is 12.1 Å². The second-order valence-corrected chi connectivity index (χ2v) is 7.88. The molecule has 10 heteroatoms. The summed E-state index contributed by atoms with van der Waals surface area (Å²) < 4.78 is 5.75. The number of halogens is 1. The number of ether oxygens (including phenoxy) is 1. The number of hydrogen-bond acceptors (Lipinski definition) is 7. The first-order valence-corrected chi connectivity index (χ1v) is 9.77. The molecule has 1 N–H and O–H groups in total. The van der Waals surface area contributed by atoms with Gasteiger partial charge in [0, 0.05) is 16.7 Å². The van der Waals surface area contributed by atoms with E-state index < -0.39 is 22.9 Å². The molecule has 0 aliphatic carbocycles. The number of amides is 1. The van der Waals surface area contributed by atoms with Gasteiger partial charge in [0.15, 0.2) is 6.10 Å². The van der Waals surface area contributed by atoms with Crippen LogP contribution in [0.5, 0.6) is 0 Å². The molecule has 0 unspecified atom stereocenters. The average molecular weight is 415 g/mol. The number of hydrogen-bond donors (Lipinski definition) is 1. The van der Waals surface area contributed by atoms with E-state index >= 15 is 0 Å². The van der Waals surface area contributed by atoms with Gasteiger partial charge in [-0.3, -0.25) is 19.7 Å². The molecular weight excluding hydrogens is 400 g/mol. The minimum atomic E-state index is -1.07. The lowest BCUT2D eigenvalue weighted by atomic mass is 10.2. The van der Waals surface area contributed by atoms with Gasteiger partial charge in [0.05, 0.1) is 15.0 Å². The molecule has 26 heavy (non-hydrogen) atoms. The van der Waals surface area contributed by atoms with Crippen LogP contribution in [0.2, 0.25) is 4.34 Å². The van der Waals surface area contributed by atoms with Crippen molar-refractivity contribution in [3.63, 3.8) is 0 Å². The van der Waals surface area contributed by atoms with E-state index in [2.05, 4.69) is 5.32 Å². The number of carbonyl (C=O) groups is 2. The van der Waals surface area contributed by atoms with Crippen molar-refractivity contribution in [3.8, 4) is 0 Å². The smallest absolute Gasteiger partial charge is 0.316 e. The van der Waals surface area contributed by atoms with Crippen molar-refractivity contribution in [1.82, 2.24) is 0 Å². The number of thioether (sulfide) groups is 1. The first kappa shape index (κ1) is 20.2. The quantitative estimate of drug-likeness (QED) is 0.396. The molecule has 1 amide bonds. The molecule has 1 heterocycles. The Hall–Kier alpha value is -2.10. The Morgan fingerprint density at radius 3 is 2.73 bits per heavy atom. The molecule has 0 fully saturated rings. The predicted octanol–water partition coefficient (Wildman–Crippen LogP) is 4.11. The van der Waals surface area contributed by atoms with Crippen molar-refractivity contribution < 1.29 is 19.2 Å². The Balaban J connectivity index is 1.81. The summed E-state index contributed by atoms with van der Waals surface area (Å²) in [7, 11) is 0. The zero-order valence-corrected chi connectivity index (χ0v) is 16.0. The van der Waals surface area contributed by atoms with Crippen LogP contribution in [0.4, 0.5) is 11.4 Å². The summed E-state index contributed by atoms with van der Waals surface area (Å²) in [4.78, 5) is 35.3. The highest BCUT2D eigenvalue weighted by Crippen LogP contribution is 2.25. The molecule has 0 aliphatic heterocycles. The lowest BCUT2D eigenvalue weighted by Crippen LogP contribution is -2.30. The number of rotatable bonds is 8. The van der Waals surface area contributed by atoms with Gasteiger partial charge in [0.2, 0.25) is 0 Å². The number of nitrogens with zero attached hydrogens (tertiary/aromatic N) is 1. The monoisotopic (exact) mass is 414 g/mol. The number of nitrogens with one attached hydrogen (secondary N) is 1. The Kier molecular flexibility index (Phi) is 7.43. The molecule has 0 saturated carbocycles. The molecule has 1 aromatic heterocycles. The third-order valence-corrected chi connectivity index (χ3v) is 5.50. The topological polar surface area (TPSA) is 98.5 Å². The summed E-state index contributed by atoms with van der Waals surface area (Å²) in [5.74, 6) is -0.479. The Bertz CT molecular complexity index is 811. The second-order valence-electron chi connectivity index (χ2n) is 5.09. The van der Waals surface area contributed by atoms with Crippen molar-refractivity contribution in [2.45, 2.75) is 18.8 Å². The Labute approximate surface area is 162 Å². The van der Waals surface area contributed by atoms with E-state index in [1.165, 1.54) is 48.2 Å². The van der Waals surface area contributed by atoms with Crippen molar-refractivity contribution in [2.75, 3.05) is 11.1 Å². The standard InChI is InChI=1S/C16H15ClN2O5S2/c1-10(16(21)18-12-4-2-3-5-13(12)19(22)23)24-15(20)9-25-8-11-6-7-14(17)26-11/h2-7,10H,8-9H2,1H3,(H,18,21)/t10-/m0/s1. The largest absolute Gasteiger partial charge is 0.452 e. The van der Waals surface area contributed by atoms with Gasteiger partial charge in [0.1, 0.15) is 5.69 Å². The molecule has 138 valence electrons. The third-order valence-electron chi connectivity index (χ3n) is 3.13. The third kappa shape index (κ3) is 6.01. The molecule has 0 bridgehead atoms. The highest BCUT2D eigenvalue weighted by Gasteiger charge is 2.21. The van der Waals surface area contributed by atoms with Crippen LogP contribution in [-0.4, -0.2) is 28.7 Å². The van der Waals surface area contributed by atoms with Gasteiger partial charge in [-0.25, -0.2) is 0 Å². The van der Waals surface area contributed by atoms with Crippen LogP contribution in [0.1, 0.15) is 11.8 Å². The summed E-state index contributed by atoms with van der Waals surface area (Å²) in [5.41, 5.74) is -0.182. The molecule has 0 aliphatic rings. The summed E-state index contributed by atoms with van der Waals surface area (Å²) in [6, 6.07) is 9.41. The molecular formula is C16H15ClN2O5S2. The zero-order valence-electron chi connectivity index (χ0n) is 13.6. The Morgan fingerprint density at radius 2 is 2.08 bits per heavy atom. The van der Waals surface area contributed by atoms with E-state index in [1.807, 2.05) is 6.07 Å². The van der Waals surface area contributed by atoms with Gasteiger partial charge in [0.25, 0.3) is 11.6 Å². The van der Waals surface area contributed by atoms with E-state index in [0.29, 0.717) is 10.1 Å². The minimum absolute atomic E-state index is 0.0503. The second kappa shape index (κ2) is 9.56. The average Bonchev–Trinajstić information content (AvgIpc) is 3.00. The van der Waals surface area contributed by atoms with Gasteiger partial charge >= 0.3 is 5.97 Å². The summed E-state index contributed by atoms with van der Waals surface area (Å²) in [6.07, 6.45) is -1.07. The highest BCUT2D eigenvalue weighted by molar-refractivity contribution is 7.99. The molecule has 0 saturated heterocycles. The number of nitro benzene ring substituents is 1. The van der Waals surface area contributed by atoms with Crippen LogP contribution in [0.25, 0.3) is 0 Å². The van der Waals surface area contributed by atoms with E-state index in [0.717, 1.165) is 4.88 Å². The van der Waals surface area contributed by atoms with Crippen LogP contribution in [-0.2, 0) is 20.1 Å². The van der Waals surface area contributed by atoms with Crippen molar-refractivity contribution in [3.05, 3.63) is 55.7 Å². The molecule has 2 aromatic rings. The number of benzene rings is 1. The fraction of sp³-hybridized carbons (Fsp3) is 0.250. The highest BCUT2D eigenvalue weighted by atomic mass is 35.5. The van der Waals surface area contributed by atoms with Gasteiger partial charge in [-0.05, 0) is 25.1 Å². The number of para-hydroxylation sites is 2. The van der Waals surface area contributed by atoms with E-state index in [-0.39, 0.29) is 17.1 Å². The van der Waals surface area contributed by atoms with Crippen LogP contribution in [0, 0.1) is 10.1 Å². The molecule has 1 aromatic carbocycles. The Morgan fingerprint density at radius 1 is 1.35 bits per heavy atom. The van der Waals surface area contributed by atoms with Crippen molar-refractivity contribution in [1.29, 1.82) is 0 Å². The molecule has 0 radical (unpaired) electrons. The van der Waals surface area contributed by atoms with Crippen LogP contribution in [0.3, 0.4) is 0 Å². The molecule has 7 nitrogen and oxygen atoms in total. The van der Waals surface area contributed by atoms with Crippen LogP contribution < -0.4 is 5.32 Å². The van der Waals surface area contributed by atoms with E-state index in [9.17, 15) is 19.7 Å². The fourth-order valence-corrected chi connectivity index (χ4v) is 3.92. The van der Waals surface area contributed by atoms with Crippen molar-refractivity contribution >= 4 is 58.0 Å². The lowest BCUT2D eigenvalue weighted by Gasteiger charge is -2.13. The molecule has 1 atom stereocenters. The summed E-state index contributed by atoms with van der Waals surface area (Å²) >= 11 is 8.62. The maximum Gasteiger partial charge on any atom is 0.316 e. The van der Waals surface area contributed by atoms with Gasteiger partial charge in [-0.2, -0.15) is 0 Å². The maximum absolute atomic E-state index is 12.1. The van der Waals surface area contributed by atoms with Gasteiger partial charge in [-0.15, -0.1) is 23.1 Å². The maximum atomic E-state index is 12.1. The number of thiophene rings is 1. The fourth-order valence-electron chi connectivity index (χ4n) is 1.92. The van der Waals surface area contributed by atoms with Crippen LogP contribution >= 0.6 is 34.7 Å². The number of carbonyl (C=O) groups excluding carboxylic acids is 2. The van der Waals surface area contributed by atoms with Gasteiger partial charge < -0.3 is 10.1 Å². The predicted molar refractivity (Wildman–Crippen MR) is 103 cm³/mol. The molecule has 2 rings (SSSR count). The first-order chi connectivity index (χ1) is 12.4. The first-order valence-electron chi connectivity index (χ1n) is 7.42. The SMILES string of the molecule is C[C@H](OC(=O)CSCc1ccc(Cl)s1)C(=O)Nc1ccccc1[N+](=O)[O-].